The van der Waals surface area contributed by atoms with Crippen molar-refractivity contribution in [3.8, 4) is 0 Å². The monoisotopic (exact) mass is 530 g/mol. The normalized spacial score (nSPS) is 22.5. The van der Waals surface area contributed by atoms with Crippen molar-refractivity contribution in [3.05, 3.63) is 41.2 Å². The van der Waals surface area contributed by atoms with Crippen LogP contribution in [-0.4, -0.2) is 61.9 Å². The number of nitrogens with zero attached hydrogens (tertiary/aromatic N) is 5. The number of aromatic nitrogens is 4. The molecule has 1 saturated carbocycles. The zero-order valence-electron chi connectivity index (χ0n) is 20.9. The summed E-state index contributed by atoms with van der Waals surface area (Å²) in [6, 6.07) is 5.11. The standard InChI is InChI=1S/C26H29F3N6O3/c1-14(16-3-2-4-16)30-21-20-22(32-23(31-21)24(36)37)33-25(34-12-18-9-10-19(13-34)38-18)35(20)11-15-5-7-17(8-6-15)26(27,28)29/h5-8,14,16,18-19H,2-4,9-13H2,1H3,(H,36,37)(H,30,31,32)/t14-,18?,19?/m1/s1. The number of carbonyl (C=O) groups is 1. The number of alkyl halides is 3. The van der Waals surface area contributed by atoms with E-state index in [0.717, 1.165) is 44.2 Å². The van der Waals surface area contributed by atoms with Crippen LogP contribution in [0.15, 0.2) is 24.3 Å². The molecule has 0 spiro atoms. The molecule has 2 bridgehead atoms. The average Bonchev–Trinajstić information content (AvgIpc) is 3.36. The van der Waals surface area contributed by atoms with Crippen molar-refractivity contribution in [2.75, 3.05) is 23.3 Å². The first-order valence-electron chi connectivity index (χ1n) is 13.0. The molecule has 38 heavy (non-hydrogen) atoms. The second kappa shape index (κ2) is 9.40. The van der Waals surface area contributed by atoms with Crippen LogP contribution in [0.2, 0.25) is 0 Å². The van der Waals surface area contributed by atoms with Crippen LogP contribution in [0.4, 0.5) is 24.9 Å². The Kier molecular flexibility index (Phi) is 6.16. The summed E-state index contributed by atoms with van der Waals surface area (Å²) >= 11 is 0. The van der Waals surface area contributed by atoms with E-state index in [1.807, 2.05) is 4.57 Å². The van der Waals surface area contributed by atoms with E-state index in [-0.39, 0.29) is 36.3 Å². The number of anilines is 2. The van der Waals surface area contributed by atoms with Crippen LogP contribution in [0.5, 0.6) is 0 Å². The number of carboxylic acids is 1. The van der Waals surface area contributed by atoms with Gasteiger partial charge in [0.1, 0.15) is 5.52 Å². The quantitative estimate of drug-likeness (QED) is 0.458. The molecule has 2 unspecified atom stereocenters. The summed E-state index contributed by atoms with van der Waals surface area (Å²) in [5, 5.41) is 13.1. The number of aromatic carboxylic acids is 1. The van der Waals surface area contributed by atoms with E-state index in [1.165, 1.54) is 12.1 Å². The van der Waals surface area contributed by atoms with Crippen molar-refractivity contribution < 1.29 is 27.8 Å². The lowest BCUT2D eigenvalue weighted by Crippen LogP contribution is -2.44. The number of hydrogen-bond acceptors (Lipinski definition) is 7. The molecule has 12 heteroatoms. The molecule has 202 valence electrons. The van der Waals surface area contributed by atoms with Crippen molar-refractivity contribution in [2.24, 2.45) is 5.92 Å². The van der Waals surface area contributed by atoms with E-state index >= 15 is 0 Å². The van der Waals surface area contributed by atoms with Gasteiger partial charge >= 0.3 is 12.1 Å². The predicted molar refractivity (Wildman–Crippen MR) is 133 cm³/mol. The van der Waals surface area contributed by atoms with Gasteiger partial charge in [-0.2, -0.15) is 18.2 Å². The van der Waals surface area contributed by atoms with Crippen molar-refractivity contribution in [1.82, 2.24) is 19.5 Å². The van der Waals surface area contributed by atoms with E-state index in [2.05, 4.69) is 27.1 Å². The highest BCUT2D eigenvalue weighted by Crippen LogP contribution is 2.36. The fourth-order valence-electron chi connectivity index (χ4n) is 5.65. The summed E-state index contributed by atoms with van der Waals surface area (Å²) in [5.41, 5.74) is 0.708. The molecule has 2 saturated heterocycles. The first-order valence-corrected chi connectivity index (χ1v) is 13.0. The predicted octanol–water partition coefficient (Wildman–Crippen LogP) is 4.56. The molecule has 2 aromatic heterocycles. The van der Waals surface area contributed by atoms with Crippen molar-refractivity contribution in [1.29, 1.82) is 0 Å². The molecule has 3 fully saturated rings. The Hall–Kier alpha value is -3.41. The summed E-state index contributed by atoms with van der Waals surface area (Å²) < 4.78 is 47.4. The zero-order chi connectivity index (χ0) is 26.6. The van der Waals surface area contributed by atoms with Gasteiger partial charge in [0.2, 0.25) is 11.8 Å². The largest absolute Gasteiger partial charge is 0.475 e. The fourth-order valence-corrected chi connectivity index (χ4v) is 5.65. The Morgan fingerprint density at radius 2 is 1.79 bits per heavy atom. The van der Waals surface area contributed by atoms with E-state index < -0.39 is 17.7 Å². The van der Waals surface area contributed by atoms with Gasteiger partial charge in [0.25, 0.3) is 0 Å². The van der Waals surface area contributed by atoms with E-state index in [9.17, 15) is 23.1 Å². The van der Waals surface area contributed by atoms with Crippen LogP contribution >= 0.6 is 0 Å². The Bertz CT molecular complexity index is 1340. The van der Waals surface area contributed by atoms with Gasteiger partial charge in [-0.15, -0.1) is 0 Å². The minimum absolute atomic E-state index is 0.0561. The second-order valence-corrected chi connectivity index (χ2v) is 10.6. The first kappa shape index (κ1) is 24.9. The lowest BCUT2D eigenvalue weighted by molar-refractivity contribution is -0.137. The van der Waals surface area contributed by atoms with E-state index in [1.54, 1.807) is 0 Å². The zero-order valence-corrected chi connectivity index (χ0v) is 20.9. The smallest absolute Gasteiger partial charge is 0.416 e. The molecule has 2 aliphatic heterocycles. The van der Waals surface area contributed by atoms with Gasteiger partial charge < -0.3 is 24.6 Å². The topological polar surface area (TPSA) is 105 Å². The highest BCUT2D eigenvalue weighted by molar-refractivity contribution is 5.91. The number of halogens is 3. The maximum atomic E-state index is 13.2. The van der Waals surface area contributed by atoms with Gasteiger partial charge in [0.05, 0.1) is 24.3 Å². The van der Waals surface area contributed by atoms with Crippen LogP contribution < -0.4 is 10.2 Å². The maximum absolute atomic E-state index is 13.2. The summed E-state index contributed by atoms with van der Waals surface area (Å²) in [4.78, 5) is 27.4. The average molecular weight is 531 g/mol. The summed E-state index contributed by atoms with van der Waals surface area (Å²) in [6.07, 6.45) is 0.959. The highest BCUT2D eigenvalue weighted by Gasteiger charge is 2.37. The molecule has 0 radical (unpaired) electrons. The summed E-state index contributed by atoms with van der Waals surface area (Å²) in [7, 11) is 0. The fraction of sp³-hybridized carbons (Fsp3) is 0.538. The van der Waals surface area contributed by atoms with Gasteiger partial charge in [-0.3, -0.25) is 0 Å². The number of ether oxygens (including phenoxy) is 1. The lowest BCUT2D eigenvalue weighted by atomic mass is 9.80. The number of carboxylic acid groups (broad SMARTS) is 1. The molecule has 1 aliphatic carbocycles. The third-order valence-corrected chi connectivity index (χ3v) is 7.94. The van der Waals surface area contributed by atoms with Gasteiger partial charge in [0, 0.05) is 19.1 Å². The van der Waals surface area contributed by atoms with Gasteiger partial charge in [-0.05, 0) is 56.2 Å². The van der Waals surface area contributed by atoms with Crippen LogP contribution in [0, 0.1) is 5.92 Å². The molecule has 4 heterocycles. The lowest BCUT2D eigenvalue weighted by Gasteiger charge is -2.33. The first-order chi connectivity index (χ1) is 18.2. The minimum atomic E-state index is -4.42. The maximum Gasteiger partial charge on any atom is 0.416 e. The third kappa shape index (κ3) is 4.65. The van der Waals surface area contributed by atoms with Crippen molar-refractivity contribution in [3.63, 3.8) is 0 Å². The van der Waals surface area contributed by atoms with Crippen LogP contribution in [0.3, 0.4) is 0 Å². The van der Waals surface area contributed by atoms with Crippen LogP contribution in [0.1, 0.15) is 60.8 Å². The third-order valence-electron chi connectivity index (χ3n) is 7.94. The molecule has 2 N–H and O–H groups in total. The van der Waals surface area contributed by atoms with E-state index in [0.29, 0.717) is 41.9 Å². The van der Waals surface area contributed by atoms with E-state index in [4.69, 9.17) is 9.72 Å². The molecule has 1 aromatic carbocycles. The van der Waals surface area contributed by atoms with Crippen LogP contribution in [-0.2, 0) is 17.5 Å². The second-order valence-electron chi connectivity index (χ2n) is 10.6. The number of nitrogens with one attached hydrogen (secondary N) is 1. The molecule has 6 rings (SSSR count). The molecule has 9 nitrogen and oxygen atoms in total. The number of hydrogen-bond donors (Lipinski definition) is 2. The number of benzene rings is 1. The minimum Gasteiger partial charge on any atom is -0.475 e. The Balaban J connectivity index is 1.46. The molecule has 3 aliphatic rings. The number of fused-ring (bicyclic) bond motifs is 3. The molecular formula is C26H29F3N6O3. The van der Waals surface area contributed by atoms with Crippen molar-refractivity contribution >= 4 is 28.9 Å². The molecular weight excluding hydrogens is 501 g/mol. The molecule has 3 aromatic rings. The van der Waals surface area contributed by atoms with Crippen LogP contribution in [0.25, 0.3) is 11.2 Å². The van der Waals surface area contributed by atoms with Crippen molar-refractivity contribution in [2.45, 2.75) is 70.0 Å². The summed E-state index contributed by atoms with van der Waals surface area (Å²) in [6.45, 7) is 3.51. The number of imidazole rings is 1. The number of rotatable bonds is 7. The molecule has 0 amide bonds. The SMILES string of the molecule is C[C@@H](Nc1nc(C(=O)O)nc2nc(N3CC4CCC(C3)O4)n(Cc3ccc(C(F)(F)F)cc3)c12)C1CCC1. The molecule has 3 atom stereocenters. The highest BCUT2D eigenvalue weighted by atomic mass is 19.4. The van der Waals surface area contributed by atoms with Gasteiger partial charge in [-0.1, -0.05) is 18.6 Å². The Labute approximate surface area is 217 Å². The summed E-state index contributed by atoms with van der Waals surface area (Å²) in [5.74, 6) is -0.206. The van der Waals surface area contributed by atoms with Gasteiger partial charge in [-0.25, -0.2) is 14.8 Å². The Morgan fingerprint density at radius 1 is 1.11 bits per heavy atom. The Morgan fingerprint density at radius 3 is 2.37 bits per heavy atom. The van der Waals surface area contributed by atoms with Gasteiger partial charge in [0.15, 0.2) is 11.5 Å². The number of morpholine rings is 1.